The number of allylic oxidation sites excluding steroid dienone is 2. The average molecular weight is 341 g/mol. The molecule has 1 amide bonds. The van der Waals surface area contributed by atoms with E-state index >= 15 is 0 Å². The average Bonchev–Trinajstić information content (AvgIpc) is 2.62. The number of nitrogens with zero attached hydrogens (tertiary/aromatic N) is 2. The summed E-state index contributed by atoms with van der Waals surface area (Å²) in [6.45, 7) is 3.44. The molecule has 0 aromatic heterocycles. The molecule has 1 saturated heterocycles. The lowest BCUT2D eigenvalue weighted by atomic mass is 9.47. The summed E-state index contributed by atoms with van der Waals surface area (Å²) >= 11 is 0. The van der Waals surface area contributed by atoms with Crippen LogP contribution >= 0.6 is 0 Å². The summed E-state index contributed by atoms with van der Waals surface area (Å²) < 4.78 is 0. The van der Waals surface area contributed by atoms with Gasteiger partial charge in [-0.2, -0.15) is 0 Å². The van der Waals surface area contributed by atoms with Crippen molar-refractivity contribution in [2.75, 3.05) is 19.6 Å². The molecule has 2 unspecified atom stereocenters. The second kappa shape index (κ2) is 5.78. The predicted octanol–water partition coefficient (Wildman–Crippen LogP) is 2.87. The van der Waals surface area contributed by atoms with Crippen LogP contribution in [0.15, 0.2) is 24.0 Å². The first-order valence-corrected chi connectivity index (χ1v) is 10.3. The van der Waals surface area contributed by atoms with E-state index in [1.165, 1.54) is 51.0 Å². The minimum atomic E-state index is -0.173. The summed E-state index contributed by atoms with van der Waals surface area (Å²) in [5.41, 5.74) is 5.70. The van der Waals surface area contributed by atoms with E-state index < -0.39 is 0 Å². The zero-order chi connectivity index (χ0) is 17.0. The van der Waals surface area contributed by atoms with Gasteiger partial charge in [-0.05, 0) is 75.2 Å². The van der Waals surface area contributed by atoms with Crippen LogP contribution in [0.4, 0.5) is 0 Å². The SMILES string of the molecule is NC(=O)C12CC3CC(C1)C(N1CC=CC=C1N1CCCCC1)C(C3)C2. The van der Waals surface area contributed by atoms with Gasteiger partial charge in [0.05, 0.1) is 0 Å². The standard InChI is InChI=1S/C21H31N3O/c22-20(25)21-12-15-10-16(13-21)19(17(11-15)14-21)24-9-5-2-6-18(24)23-7-3-1-4-8-23/h2,5-6,15-17,19H,1,3-4,7-14H2,(H2,22,25). The monoisotopic (exact) mass is 341 g/mol. The molecule has 2 aliphatic heterocycles. The van der Waals surface area contributed by atoms with Gasteiger partial charge in [0.15, 0.2) is 0 Å². The van der Waals surface area contributed by atoms with Crippen molar-refractivity contribution < 1.29 is 4.79 Å². The molecule has 4 bridgehead atoms. The van der Waals surface area contributed by atoms with Gasteiger partial charge in [-0.15, -0.1) is 0 Å². The lowest BCUT2D eigenvalue weighted by Crippen LogP contribution is -2.62. The van der Waals surface area contributed by atoms with E-state index in [1.54, 1.807) is 0 Å². The van der Waals surface area contributed by atoms with Gasteiger partial charge in [-0.3, -0.25) is 4.79 Å². The number of rotatable bonds is 3. The molecular weight excluding hydrogens is 310 g/mol. The fraction of sp³-hybridized carbons (Fsp3) is 0.762. The van der Waals surface area contributed by atoms with Gasteiger partial charge < -0.3 is 15.5 Å². The number of hydrogen-bond acceptors (Lipinski definition) is 3. The minimum Gasteiger partial charge on any atom is -0.369 e. The summed E-state index contributed by atoms with van der Waals surface area (Å²) in [4.78, 5) is 17.5. The fourth-order valence-electron chi connectivity index (χ4n) is 7.01. The molecule has 6 rings (SSSR count). The van der Waals surface area contributed by atoms with Crippen molar-refractivity contribution in [2.45, 2.75) is 57.4 Å². The Hall–Kier alpha value is -1.45. The number of carbonyl (C=O) groups excluding carboxylic acids is 1. The molecule has 0 aromatic carbocycles. The Balaban J connectivity index is 1.42. The van der Waals surface area contributed by atoms with Gasteiger partial charge >= 0.3 is 0 Å². The van der Waals surface area contributed by atoms with Gasteiger partial charge in [-0.25, -0.2) is 0 Å². The molecule has 0 radical (unpaired) electrons. The zero-order valence-corrected chi connectivity index (χ0v) is 15.2. The Morgan fingerprint density at radius 3 is 2.48 bits per heavy atom. The van der Waals surface area contributed by atoms with Crippen LogP contribution in [0.2, 0.25) is 0 Å². The number of piperidine rings is 1. The molecule has 6 aliphatic rings. The van der Waals surface area contributed by atoms with Gasteiger partial charge in [0, 0.05) is 31.1 Å². The molecule has 136 valence electrons. The zero-order valence-electron chi connectivity index (χ0n) is 15.2. The van der Waals surface area contributed by atoms with Crippen molar-refractivity contribution in [1.82, 2.24) is 9.80 Å². The molecule has 4 heteroatoms. The quantitative estimate of drug-likeness (QED) is 0.859. The maximum Gasteiger partial charge on any atom is 0.223 e. The lowest BCUT2D eigenvalue weighted by Gasteiger charge is -2.62. The lowest BCUT2D eigenvalue weighted by molar-refractivity contribution is -0.151. The highest BCUT2D eigenvalue weighted by Crippen LogP contribution is 2.61. The van der Waals surface area contributed by atoms with E-state index in [1.807, 2.05) is 0 Å². The van der Waals surface area contributed by atoms with E-state index in [9.17, 15) is 4.79 Å². The molecule has 5 fully saturated rings. The van der Waals surface area contributed by atoms with E-state index in [4.69, 9.17) is 5.73 Å². The third-order valence-electron chi connectivity index (χ3n) is 7.76. The largest absolute Gasteiger partial charge is 0.369 e. The summed E-state index contributed by atoms with van der Waals surface area (Å²) in [5, 5.41) is 0. The minimum absolute atomic E-state index is 0.0179. The first-order valence-electron chi connectivity index (χ1n) is 10.3. The number of likely N-dealkylation sites (tertiary alicyclic amines) is 1. The molecule has 2 atom stereocenters. The Labute approximate surface area is 151 Å². The van der Waals surface area contributed by atoms with Crippen molar-refractivity contribution in [3.05, 3.63) is 24.0 Å². The van der Waals surface area contributed by atoms with Crippen molar-refractivity contribution >= 4 is 5.91 Å². The second-order valence-electron chi connectivity index (χ2n) is 9.26. The highest BCUT2D eigenvalue weighted by Gasteiger charge is 2.59. The molecule has 25 heavy (non-hydrogen) atoms. The summed E-state index contributed by atoms with van der Waals surface area (Å²) in [6, 6.07) is 0.613. The molecule has 4 nitrogen and oxygen atoms in total. The second-order valence-corrected chi connectivity index (χ2v) is 9.26. The Bertz CT molecular complexity index is 603. The van der Waals surface area contributed by atoms with Crippen LogP contribution in [0.5, 0.6) is 0 Å². The summed E-state index contributed by atoms with van der Waals surface area (Å²) in [5.74, 6) is 3.48. The number of amides is 1. The fourth-order valence-corrected chi connectivity index (χ4v) is 7.01. The maximum absolute atomic E-state index is 12.2. The van der Waals surface area contributed by atoms with Crippen LogP contribution in [0.1, 0.15) is 51.4 Å². The molecule has 4 aliphatic carbocycles. The molecule has 4 saturated carbocycles. The maximum atomic E-state index is 12.2. The van der Waals surface area contributed by atoms with E-state index in [0.29, 0.717) is 17.9 Å². The Morgan fingerprint density at radius 2 is 1.80 bits per heavy atom. The molecular formula is C21H31N3O. The molecule has 0 aromatic rings. The topological polar surface area (TPSA) is 49.6 Å². The van der Waals surface area contributed by atoms with Crippen LogP contribution in [-0.2, 0) is 4.79 Å². The van der Waals surface area contributed by atoms with Crippen molar-refractivity contribution in [2.24, 2.45) is 28.9 Å². The van der Waals surface area contributed by atoms with Gasteiger partial charge in [0.25, 0.3) is 0 Å². The predicted molar refractivity (Wildman–Crippen MR) is 98.3 cm³/mol. The summed E-state index contributed by atoms with van der Waals surface area (Å²) in [7, 11) is 0. The first kappa shape index (κ1) is 15.8. The number of carbonyl (C=O) groups is 1. The Morgan fingerprint density at radius 1 is 1.08 bits per heavy atom. The third kappa shape index (κ3) is 2.43. The molecule has 2 N–H and O–H groups in total. The van der Waals surface area contributed by atoms with Crippen LogP contribution in [0.3, 0.4) is 0 Å². The normalized spacial score (nSPS) is 42.6. The highest BCUT2D eigenvalue weighted by atomic mass is 16.1. The van der Waals surface area contributed by atoms with E-state index in [0.717, 1.165) is 31.7 Å². The number of hydrogen-bond donors (Lipinski definition) is 1. The van der Waals surface area contributed by atoms with Crippen molar-refractivity contribution in [1.29, 1.82) is 0 Å². The van der Waals surface area contributed by atoms with E-state index in [-0.39, 0.29) is 11.3 Å². The summed E-state index contributed by atoms with van der Waals surface area (Å²) in [6.07, 6.45) is 16.6. The van der Waals surface area contributed by atoms with Crippen LogP contribution < -0.4 is 5.73 Å². The van der Waals surface area contributed by atoms with Crippen molar-refractivity contribution in [3.63, 3.8) is 0 Å². The third-order valence-corrected chi connectivity index (χ3v) is 7.76. The van der Waals surface area contributed by atoms with Crippen molar-refractivity contribution in [3.8, 4) is 0 Å². The van der Waals surface area contributed by atoms with Gasteiger partial charge in [0.2, 0.25) is 5.91 Å². The number of nitrogens with two attached hydrogens (primary N) is 1. The van der Waals surface area contributed by atoms with Crippen LogP contribution in [0.25, 0.3) is 0 Å². The smallest absolute Gasteiger partial charge is 0.223 e. The molecule has 0 spiro atoms. The van der Waals surface area contributed by atoms with E-state index in [2.05, 4.69) is 28.0 Å². The Kier molecular flexibility index (Phi) is 3.65. The number of primary amides is 1. The van der Waals surface area contributed by atoms with Gasteiger partial charge in [-0.1, -0.05) is 12.2 Å². The van der Waals surface area contributed by atoms with Gasteiger partial charge in [0.1, 0.15) is 5.82 Å². The first-order chi connectivity index (χ1) is 12.2. The molecule has 2 heterocycles. The van der Waals surface area contributed by atoms with Crippen LogP contribution in [0, 0.1) is 23.2 Å². The van der Waals surface area contributed by atoms with Crippen LogP contribution in [-0.4, -0.2) is 41.4 Å². The highest BCUT2D eigenvalue weighted by molar-refractivity contribution is 5.81.